The van der Waals surface area contributed by atoms with Gasteiger partial charge >= 0.3 is 12.1 Å². The molecule has 1 N–H and O–H groups in total. The van der Waals surface area contributed by atoms with Gasteiger partial charge in [0.2, 0.25) is 0 Å². The molecule has 5 heterocycles. The van der Waals surface area contributed by atoms with Crippen molar-refractivity contribution >= 4 is 17.7 Å². The Bertz CT molecular complexity index is 2030. The van der Waals surface area contributed by atoms with Gasteiger partial charge in [-0.2, -0.15) is 13.2 Å². The first-order chi connectivity index (χ1) is 27.6. The SMILES string of the molecule is CC(C)N(C(=O)c1cc(F)cc(OC(=O)C(F)(F)F)c1Oc1cncnc1N1CC2(CC(Oc3ccnc4c3CN(C[C@@H]3CNCCO3)CC4)C2)C1)C1CC(F)(F)C1. The molecule has 4 fully saturated rings. The number of halogens is 6. The van der Waals surface area contributed by atoms with Crippen molar-refractivity contribution in [3.63, 3.8) is 0 Å². The zero-order valence-corrected chi connectivity index (χ0v) is 31.9. The average Bonchev–Trinajstić information content (AvgIpc) is 3.12. The normalized spacial score (nSPS) is 21.7. The maximum absolute atomic E-state index is 15.0. The minimum atomic E-state index is -5.48. The number of rotatable bonds is 11. The second-order valence-corrected chi connectivity index (χ2v) is 16.1. The number of hydrogen-bond acceptors (Lipinski definition) is 12. The first kappa shape index (κ1) is 40.0. The van der Waals surface area contributed by atoms with E-state index in [1.165, 1.54) is 12.5 Å². The standard InChI is InChI=1S/C39H43F6N7O6/c1-22(2)52(24-11-38(41,42)12-24)35(53)27-9-23(40)10-31(58-36(54)39(43,44)45)33(27)57-32-16-47-21-49-34(32)51-19-37(20-51)13-25(14-37)56-30-3-5-48-29-4-7-50(18-28(29)30)17-26-15-46-6-8-55-26/h3,5,9-10,16,21-22,24-26,46H,4,6-8,11-15,17-20H2,1-2H3/t26-/m0/s1. The number of hydrogen-bond donors (Lipinski definition) is 1. The van der Waals surface area contributed by atoms with Crippen LogP contribution in [0.4, 0.5) is 32.2 Å². The molecule has 0 unspecified atom stereocenters. The Kier molecular flexibility index (Phi) is 10.7. The van der Waals surface area contributed by atoms with Gasteiger partial charge in [0.15, 0.2) is 23.1 Å². The van der Waals surface area contributed by atoms with E-state index < -0.39 is 71.8 Å². The minimum Gasteiger partial charge on any atom is -0.490 e. The number of esters is 1. The number of fused-ring (bicyclic) bond motifs is 1. The van der Waals surface area contributed by atoms with Crippen molar-refractivity contribution in [2.75, 3.05) is 50.8 Å². The lowest BCUT2D eigenvalue weighted by Gasteiger charge is -2.59. The minimum absolute atomic E-state index is 0.0470. The first-order valence-electron chi connectivity index (χ1n) is 19.3. The van der Waals surface area contributed by atoms with Crippen LogP contribution in [0.25, 0.3) is 0 Å². The summed E-state index contributed by atoms with van der Waals surface area (Å²) in [6.07, 6.45) is -0.184. The summed E-state index contributed by atoms with van der Waals surface area (Å²) in [6.45, 7) is 8.93. The molecule has 0 bridgehead atoms. The first-order valence-corrected chi connectivity index (χ1v) is 19.3. The number of benzene rings is 1. The molecule has 2 saturated heterocycles. The quantitative estimate of drug-likeness (QED) is 0.153. The lowest BCUT2D eigenvalue weighted by Crippen LogP contribution is -2.65. The van der Waals surface area contributed by atoms with Crippen molar-refractivity contribution in [2.24, 2.45) is 5.41 Å². The van der Waals surface area contributed by atoms with E-state index in [1.54, 1.807) is 20.0 Å². The summed E-state index contributed by atoms with van der Waals surface area (Å²) in [6, 6.07) is 1.46. The van der Waals surface area contributed by atoms with Gasteiger partial charge in [-0.25, -0.2) is 27.9 Å². The fraction of sp³-hybridized carbons (Fsp3) is 0.564. The number of pyridine rings is 1. The third-order valence-electron chi connectivity index (χ3n) is 11.4. The number of aromatic nitrogens is 3. The van der Waals surface area contributed by atoms with E-state index in [1.807, 2.05) is 11.0 Å². The van der Waals surface area contributed by atoms with Gasteiger partial charge in [0, 0.05) is 106 Å². The fourth-order valence-electron chi connectivity index (χ4n) is 8.68. The summed E-state index contributed by atoms with van der Waals surface area (Å²) in [5, 5.41) is 3.38. The smallest absolute Gasteiger partial charge is 0.490 e. The summed E-state index contributed by atoms with van der Waals surface area (Å²) in [5.41, 5.74) is 1.35. The van der Waals surface area contributed by atoms with E-state index in [4.69, 9.17) is 14.2 Å². The predicted molar refractivity (Wildman–Crippen MR) is 194 cm³/mol. The zero-order valence-electron chi connectivity index (χ0n) is 31.9. The van der Waals surface area contributed by atoms with Crippen molar-refractivity contribution in [1.82, 2.24) is 30.1 Å². The molecule has 0 radical (unpaired) electrons. The van der Waals surface area contributed by atoms with Gasteiger partial charge < -0.3 is 34.1 Å². The molecule has 3 aromatic rings. The van der Waals surface area contributed by atoms with Crippen molar-refractivity contribution in [3.05, 3.63) is 59.6 Å². The Labute approximate surface area is 330 Å². The molecule has 19 heteroatoms. The van der Waals surface area contributed by atoms with Gasteiger partial charge in [-0.3, -0.25) is 14.7 Å². The highest BCUT2D eigenvalue weighted by Crippen LogP contribution is 2.53. The Balaban J connectivity index is 0.975. The number of nitrogens with zero attached hydrogens (tertiary/aromatic N) is 6. The van der Waals surface area contributed by atoms with E-state index in [0.717, 1.165) is 67.3 Å². The van der Waals surface area contributed by atoms with Gasteiger partial charge in [0.05, 0.1) is 24.5 Å². The molecule has 2 aromatic heterocycles. The highest BCUT2D eigenvalue weighted by molar-refractivity contribution is 5.99. The molecule has 1 amide bonds. The van der Waals surface area contributed by atoms with E-state index in [0.29, 0.717) is 38.4 Å². The number of alkyl halides is 5. The van der Waals surface area contributed by atoms with Crippen molar-refractivity contribution < 1.29 is 54.9 Å². The Hall–Kier alpha value is -4.75. The molecule has 1 aromatic carbocycles. The lowest BCUT2D eigenvalue weighted by molar-refractivity contribution is -0.189. The summed E-state index contributed by atoms with van der Waals surface area (Å²) in [5.74, 6) is -8.79. The van der Waals surface area contributed by atoms with E-state index >= 15 is 4.39 Å². The highest BCUT2D eigenvalue weighted by Gasteiger charge is 2.55. The Morgan fingerprint density at radius 2 is 1.86 bits per heavy atom. The van der Waals surface area contributed by atoms with Gasteiger partial charge in [-0.1, -0.05) is 0 Å². The van der Waals surface area contributed by atoms with Crippen molar-refractivity contribution in [3.8, 4) is 23.0 Å². The third-order valence-corrected chi connectivity index (χ3v) is 11.4. The van der Waals surface area contributed by atoms with E-state index in [2.05, 4.69) is 29.9 Å². The average molecular weight is 820 g/mol. The van der Waals surface area contributed by atoms with Gasteiger partial charge in [0.25, 0.3) is 11.8 Å². The fourth-order valence-corrected chi connectivity index (χ4v) is 8.68. The van der Waals surface area contributed by atoms with Crippen LogP contribution < -0.4 is 24.4 Å². The van der Waals surface area contributed by atoms with Crippen LogP contribution in [0.2, 0.25) is 0 Å². The molecule has 2 saturated carbocycles. The summed E-state index contributed by atoms with van der Waals surface area (Å²) in [4.78, 5) is 44.3. The third kappa shape index (κ3) is 8.25. The summed E-state index contributed by atoms with van der Waals surface area (Å²) < 4.78 is 106. The van der Waals surface area contributed by atoms with E-state index in [9.17, 15) is 31.5 Å². The second kappa shape index (κ2) is 15.4. The topological polar surface area (TPSA) is 131 Å². The number of amides is 1. The highest BCUT2D eigenvalue weighted by atomic mass is 19.4. The number of carbonyl (C=O) groups is 2. The molecule has 1 atom stereocenters. The van der Waals surface area contributed by atoms with Crippen LogP contribution in [-0.4, -0.2) is 119 Å². The monoisotopic (exact) mass is 819 g/mol. The Morgan fingerprint density at radius 1 is 1.09 bits per heavy atom. The number of nitrogens with one attached hydrogen (secondary N) is 1. The van der Waals surface area contributed by atoms with Gasteiger partial charge in [-0.15, -0.1) is 0 Å². The van der Waals surface area contributed by atoms with Crippen LogP contribution in [-0.2, 0) is 22.5 Å². The van der Waals surface area contributed by atoms with Crippen LogP contribution >= 0.6 is 0 Å². The molecule has 312 valence electrons. The van der Waals surface area contributed by atoms with Gasteiger partial charge in [-0.05, 0) is 38.8 Å². The van der Waals surface area contributed by atoms with E-state index in [-0.39, 0.29) is 29.2 Å². The summed E-state index contributed by atoms with van der Waals surface area (Å²) in [7, 11) is 0. The summed E-state index contributed by atoms with van der Waals surface area (Å²) >= 11 is 0. The Morgan fingerprint density at radius 3 is 2.55 bits per heavy atom. The molecule has 13 nitrogen and oxygen atoms in total. The van der Waals surface area contributed by atoms with Crippen molar-refractivity contribution in [2.45, 2.75) is 88.9 Å². The maximum atomic E-state index is 15.0. The van der Waals surface area contributed by atoms with Crippen LogP contribution in [0.15, 0.2) is 36.9 Å². The molecule has 8 rings (SSSR count). The largest absolute Gasteiger partial charge is 0.491 e. The second-order valence-electron chi connectivity index (χ2n) is 16.1. The van der Waals surface area contributed by atoms with Crippen molar-refractivity contribution in [1.29, 1.82) is 0 Å². The molecular weight excluding hydrogens is 776 g/mol. The van der Waals surface area contributed by atoms with Crippen LogP contribution in [0, 0.1) is 11.2 Å². The predicted octanol–water partition coefficient (Wildman–Crippen LogP) is 5.31. The molecule has 1 spiro atoms. The van der Waals surface area contributed by atoms with Crippen LogP contribution in [0.5, 0.6) is 23.0 Å². The number of carbonyl (C=O) groups excluding carboxylic acids is 2. The van der Waals surface area contributed by atoms with Crippen LogP contribution in [0.3, 0.4) is 0 Å². The number of ether oxygens (including phenoxy) is 4. The molecule has 58 heavy (non-hydrogen) atoms. The lowest BCUT2D eigenvalue weighted by atomic mass is 9.61. The van der Waals surface area contributed by atoms with Crippen LogP contribution in [0.1, 0.15) is 61.1 Å². The maximum Gasteiger partial charge on any atom is 0.491 e. The molecule has 3 aliphatic heterocycles. The number of anilines is 1. The van der Waals surface area contributed by atoms with Gasteiger partial charge in [0.1, 0.15) is 24.0 Å². The molecular formula is C39H43F6N7O6. The zero-order chi connectivity index (χ0) is 41.0. The molecule has 2 aliphatic carbocycles. The number of morpholine rings is 1. The molecule has 5 aliphatic rings.